The number of fused-ring (bicyclic) bond motifs is 1. The van der Waals surface area contributed by atoms with Crippen molar-refractivity contribution in [3.05, 3.63) is 97.2 Å². The lowest BCUT2D eigenvalue weighted by Crippen LogP contribution is -2.12. The van der Waals surface area contributed by atoms with Gasteiger partial charge in [0.05, 0.1) is 28.6 Å². The van der Waals surface area contributed by atoms with Crippen molar-refractivity contribution in [3.8, 4) is 11.5 Å². The highest BCUT2D eigenvalue weighted by Crippen LogP contribution is 2.18. The summed E-state index contributed by atoms with van der Waals surface area (Å²) in [5.41, 5.74) is 3.97. The quantitative estimate of drug-likeness (QED) is 0.514. The number of pyridine rings is 1. The molecule has 1 N–H and O–H groups in total. The number of anilines is 1. The number of nitrogens with one attached hydrogen (secondary N) is 1. The maximum atomic E-state index is 12.5. The van der Waals surface area contributed by atoms with Crippen LogP contribution in [0.3, 0.4) is 0 Å². The van der Waals surface area contributed by atoms with Crippen molar-refractivity contribution in [1.82, 2.24) is 24.3 Å². The largest absolute Gasteiger partial charge is 0.321 e. The summed E-state index contributed by atoms with van der Waals surface area (Å²) < 4.78 is 3.65. The van der Waals surface area contributed by atoms with Crippen molar-refractivity contribution < 1.29 is 4.79 Å². The molecule has 5 aromatic rings. The average Bonchev–Trinajstić information content (AvgIpc) is 3.45. The van der Waals surface area contributed by atoms with Crippen LogP contribution in [0.25, 0.3) is 22.5 Å². The molecule has 0 aliphatic carbocycles. The van der Waals surface area contributed by atoms with Crippen LogP contribution in [0.4, 0.5) is 5.69 Å². The van der Waals surface area contributed by atoms with Crippen molar-refractivity contribution in [1.29, 1.82) is 0 Å². The van der Waals surface area contributed by atoms with Crippen LogP contribution in [0, 0.1) is 0 Å². The number of nitrogens with zero attached hydrogens (tertiary/aromatic N) is 5. The van der Waals surface area contributed by atoms with Gasteiger partial charge in [-0.15, -0.1) is 0 Å². The van der Waals surface area contributed by atoms with Crippen LogP contribution in [0.5, 0.6) is 0 Å². The molecule has 140 valence electrons. The number of carbonyl (C=O) groups is 1. The summed E-state index contributed by atoms with van der Waals surface area (Å²) >= 11 is 0. The molecule has 3 aromatic heterocycles. The summed E-state index contributed by atoms with van der Waals surface area (Å²) in [6.07, 6.45) is 6.95. The van der Waals surface area contributed by atoms with E-state index in [1.54, 1.807) is 35.5 Å². The molecule has 1 amide bonds. The first-order valence-electron chi connectivity index (χ1n) is 9.08. The molecule has 29 heavy (non-hydrogen) atoms. The predicted octanol–water partition coefficient (Wildman–Crippen LogP) is 3.86. The fourth-order valence-electron chi connectivity index (χ4n) is 3.13. The highest BCUT2D eigenvalue weighted by Gasteiger charge is 2.09. The van der Waals surface area contributed by atoms with Gasteiger partial charge in [-0.2, -0.15) is 5.10 Å². The van der Waals surface area contributed by atoms with Gasteiger partial charge in [0.25, 0.3) is 5.91 Å². The molecule has 0 fully saturated rings. The number of amides is 1. The highest BCUT2D eigenvalue weighted by molar-refractivity contribution is 6.04. The van der Waals surface area contributed by atoms with Gasteiger partial charge in [-0.05, 0) is 54.6 Å². The second kappa shape index (κ2) is 7.05. The standard InChI is InChI=1S/C22H16N6O/c29-22(16-6-9-18(10-7-16)28-13-3-12-25-28)26-17-8-11-21(23-14-17)27-15-24-19-4-1-2-5-20(19)27/h1-15H,(H,26,29). The number of rotatable bonds is 4. The number of benzene rings is 2. The van der Waals surface area contributed by atoms with Gasteiger partial charge in [0.1, 0.15) is 12.1 Å². The highest BCUT2D eigenvalue weighted by atomic mass is 16.1. The lowest BCUT2D eigenvalue weighted by atomic mass is 10.2. The molecule has 0 saturated carbocycles. The van der Waals surface area contributed by atoms with Crippen molar-refractivity contribution in [2.45, 2.75) is 0 Å². The Morgan fingerprint density at radius 3 is 2.52 bits per heavy atom. The van der Waals surface area contributed by atoms with Gasteiger partial charge in [0, 0.05) is 18.0 Å². The Kier molecular flexibility index (Phi) is 4.10. The number of hydrogen-bond acceptors (Lipinski definition) is 4. The van der Waals surface area contributed by atoms with E-state index < -0.39 is 0 Å². The summed E-state index contributed by atoms with van der Waals surface area (Å²) in [7, 11) is 0. The van der Waals surface area contributed by atoms with Gasteiger partial charge in [0.2, 0.25) is 0 Å². The third-order valence-electron chi connectivity index (χ3n) is 4.60. The molecule has 0 aliphatic rings. The Morgan fingerprint density at radius 1 is 0.897 bits per heavy atom. The Morgan fingerprint density at radius 2 is 1.76 bits per heavy atom. The van der Waals surface area contributed by atoms with Crippen LogP contribution in [0.15, 0.2) is 91.6 Å². The van der Waals surface area contributed by atoms with E-state index in [0.29, 0.717) is 11.3 Å². The van der Waals surface area contributed by atoms with Gasteiger partial charge in [0.15, 0.2) is 0 Å². The molecule has 0 spiro atoms. The van der Waals surface area contributed by atoms with E-state index in [4.69, 9.17) is 0 Å². The van der Waals surface area contributed by atoms with E-state index in [1.165, 1.54) is 0 Å². The van der Waals surface area contributed by atoms with Gasteiger partial charge in [-0.1, -0.05) is 12.1 Å². The van der Waals surface area contributed by atoms with Gasteiger partial charge >= 0.3 is 0 Å². The molecule has 7 nitrogen and oxygen atoms in total. The lowest BCUT2D eigenvalue weighted by molar-refractivity contribution is 0.102. The molecule has 7 heteroatoms. The van der Waals surface area contributed by atoms with E-state index in [0.717, 1.165) is 22.5 Å². The van der Waals surface area contributed by atoms with Crippen LogP contribution in [0.2, 0.25) is 0 Å². The fraction of sp³-hybridized carbons (Fsp3) is 0. The van der Waals surface area contributed by atoms with Crippen LogP contribution in [0.1, 0.15) is 10.4 Å². The normalized spacial score (nSPS) is 10.9. The maximum Gasteiger partial charge on any atom is 0.255 e. The average molecular weight is 380 g/mol. The van der Waals surface area contributed by atoms with E-state index in [1.807, 2.05) is 65.4 Å². The van der Waals surface area contributed by atoms with E-state index >= 15 is 0 Å². The molecule has 0 radical (unpaired) electrons. The summed E-state index contributed by atoms with van der Waals surface area (Å²) in [6.45, 7) is 0. The first-order chi connectivity index (χ1) is 14.3. The van der Waals surface area contributed by atoms with Gasteiger partial charge < -0.3 is 5.32 Å². The van der Waals surface area contributed by atoms with Crippen LogP contribution in [-0.4, -0.2) is 30.2 Å². The predicted molar refractivity (Wildman–Crippen MR) is 110 cm³/mol. The number of hydrogen-bond donors (Lipinski definition) is 1. The molecule has 2 aromatic carbocycles. The summed E-state index contributed by atoms with van der Waals surface area (Å²) in [5, 5.41) is 7.05. The van der Waals surface area contributed by atoms with Crippen LogP contribution >= 0.6 is 0 Å². The number of para-hydroxylation sites is 2. The first-order valence-corrected chi connectivity index (χ1v) is 9.08. The third-order valence-corrected chi connectivity index (χ3v) is 4.60. The maximum absolute atomic E-state index is 12.5. The van der Waals surface area contributed by atoms with Crippen molar-refractivity contribution >= 4 is 22.6 Å². The minimum Gasteiger partial charge on any atom is -0.321 e. The molecule has 3 heterocycles. The zero-order valence-corrected chi connectivity index (χ0v) is 15.3. The smallest absolute Gasteiger partial charge is 0.255 e. The second-order valence-electron chi connectivity index (χ2n) is 6.46. The Hall–Kier alpha value is -4.26. The topological polar surface area (TPSA) is 77.6 Å². The Labute approximate surface area is 166 Å². The second-order valence-corrected chi connectivity index (χ2v) is 6.46. The summed E-state index contributed by atoms with van der Waals surface area (Å²) in [6, 6.07) is 20.6. The molecule has 0 saturated heterocycles. The van der Waals surface area contributed by atoms with E-state index in [2.05, 4.69) is 20.4 Å². The van der Waals surface area contributed by atoms with Gasteiger partial charge in [-0.3, -0.25) is 9.36 Å². The minimum absolute atomic E-state index is 0.195. The third kappa shape index (κ3) is 3.25. The molecule has 0 unspecified atom stereocenters. The number of carbonyl (C=O) groups excluding carboxylic acids is 1. The van der Waals surface area contributed by atoms with Crippen LogP contribution < -0.4 is 5.32 Å². The minimum atomic E-state index is -0.195. The van der Waals surface area contributed by atoms with Crippen molar-refractivity contribution in [3.63, 3.8) is 0 Å². The van der Waals surface area contributed by atoms with E-state index in [-0.39, 0.29) is 5.91 Å². The zero-order chi connectivity index (χ0) is 19.6. The molecule has 0 bridgehead atoms. The monoisotopic (exact) mass is 380 g/mol. The first kappa shape index (κ1) is 16.9. The lowest BCUT2D eigenvalue weighted by Gasteiger charge is -2.08. The molecule has 5 rings (SSSR count). The van der Waals surface area contributed by atoms with E-state index in [9.17, 15) is 4.79 Å². The van der Waals surface area contributed by atoms with Crippen molar-refractivity contribution in [2.24, 2.45) is 0 Å². The fourth-order valence-corrected chi connectivity index (χ4v) is 3.13. The van der Waals surface area contributed by atoms with Crippen molar-refractivity contribution in [2.75, 3.05) is 5.32 Å². The van der Waals surface area contributed by atoms with Gasteiger partial charge in [-0.25, -0.2) is 14.6 Å². The zero-order valence-electron chi connectivity index (χ0n) is 15.3. The molecule has 0 aliphatic heterocycles. The number of imidazole rings is 1. The number of aromatic nitrogens is 5. The summed E-state index contributed by atoms with van der Waals surface area (Å²) in [4.78, 5) is 21.4. The van der Waals surface area contributed by atoms with Crippen LogP contribution in [-0.2, 0) is 0 Å². The molecule has 0 atom stereocenters. The Bertz CT molecular complexity index is 1270. The molecular weight excluding hydrogens is 364 g/mol. The molecular formula is C22H16N6O. The SMILES string of the molecule is O=C(Nc1ccc(-n2cnc3ccccc32)nc1)c1ccc(-n2cccn2)cc1. The summed E-state index contributed by atoms with van der Waals surface area (Å²) in [5.74, 6) is 0.542. The Balaban J connectivity index is 1.32.